The number of benzene rings is 2. The highest BCUT2D eigenvalue weighted by molar-refractivity contribution is 5.90. The number of amides is 2. The number of nitrogens with zero attached hydrogens (tertiary/aromatic N) is 1. The number of carbonyl (C=O) groups excluding carboxylic acids is 3. The summed E-state index contributed by atoms with van der Waals surface area (Å²) in [6.45, 7) is 0.0979. The van der Waals surface area contributed by atoms with Crippen molar-refractivity contribution >= 4 is 28.6 Å². The highest BCUT2D eigenvalue weighted by Gasteiger charge is 2.30. The van der Waals surface area contributed by atoms with Crippen molar-refractivity contribution in [3.05, 3.63) is 48.0 Å². The minimum Gasteiger partial charge on any atom is -0.455 e. The van der Waals surface area contributed by atoms with Crippen LogP contribution >= 0.6 is 0 Å². The van der Waals surface area contributed by atoms with E-state index in [1.807, 2.05) is 42.5 Å². The summed E-state index contributed by atoms with van der Waals surface area (Å²) in [5, 5.41) is 2.04. The third-order valence-corrected chi connectivity index (χ3v) is 4.72. The fourth-order valence-electron chi connectivity index (χ4n) is 3.40. The third-order valence-electron chi connectivity index (χ3n) is 4.72. The minimum absolute atomic E-state index is 0.0912. The molecule has 3 rings (SSSR count). The first-order valence-corrected chi connectivity index (χ1v) is 8.77. The molecule has 0 aromatic heterocycles. The van der Waals surface area contributed by atoms with Gasteiger partial charge < -0.3 is 15.4 Å². The molecule has 0 spiro atoms. The predicted molar refractivity (Wildman–Crippen MR) is 97.2 cm³/mol. The zero-order chi connectivity index (χ0) is 18.5. The summed E-state index contributed by atoms with van der Waals surface area (Å²) < 4.78 is 5.16. The van der Waals surface area contributed by atoms with Crippen LogP contribution in [0.5, 0.6) is 0 Å². The Balaban J connectivity index is 1.60. The van der Waals surface area contributed by atoms with E-state index >= 15 is 0 Å². The molecule has 2 amide bonds. The first-order valence-electron chi connectivity index (χ1n) is 8.77. The molecule has 1 atom stereocenters. The van der Waals surface area contributed by atoms with Crippen molar-refractivity contribution in [2.75, 3.05) is 13.2 Å². The fourth-order valence-corrected chi connectivity index (χ4v) is 3.40. The quantitative estimate of drug-likeness (QED) is 0.829. The molecule has 0 bridgehead atoms. The molecule has 6 heteroatoms. The SMILES string of the molecule is NC(=O)[C@H]1CCCCN1C(=O)COC(=O)Cc1cccc2ccccc12. The lowest BCUT2D eigenvalue weighted by Gasteiger charge is -2.33. The van der Waals surface area contributed by atoms with Gasteiger partial charge in [0.25, 0.3) is 5.91 Å². The Hall–Kier alpha value is -2.89. The van der Waals surface area contributed by atoms with Gasteiger partial charge in [0.1, 0.15) is 6.04 Å². The van der Waals surface area contributed by atoms with E-state index in [4.69, 9.17) is 10.5 Å². The average Bonchev–Trinajstić information content (AvgIpc) is 2.66. The van der Waals surface area contributed by atoms with Crippen LogP contribution in [0, 0.1) is 0 Å². The molecule has 1 fully saturated rings. The molecule has 1 aliphatic heterocycles. The lowest BCUT2D eigenvalue weighted by molar-refractivity contribution is -0.154. The van der Waals surface area contributed by atoms with Gasteiger partial charge in [0.2, 0.25) is 5.91 Å². The Morgan fingerprint density at radius 3 is 2.65 bits per heavy atom. The van der Waals surface area contributed by atoms with E-state index in [-0.39, 0.29) is 18.9 Å². The van der Waals surface area contributed by atoms with Crippen molar-refractivity contribution in [3.8, 4) is 0 Å². The molecule has 6 nitrogen and oxygen atoms in total. The van der Waals surface area contributed by atoms with Gasteiger partial charge in [-0.15, -0.1) is 0 Å². The number of primary amides is 1. The molecule has 2 aromatic rings. The van der Waals surface area contributed by atoms with Gasteiger partial charge in [-0.2, -0.15) is 0 Å². The number of likely N-dealkylation sites (tertiary alicyclic amines) is 1. The smallest absolute Gasteiger partial charge is 0.310 e. The van der Waals surface area contributed by atoms with Crippen molar-refractivity contribution in [1.82, 2.24) is 4.90 Å². The van der Waals surface area contributed by atoms with Crippen LogP contribution in [0.3, 0.4) is 0 Å². The summed E-state index contributed by atoms with van der Waals surface area (Å²) in [5.41, 5.74) is 6.22. The second kappa shape index (κ2) is 7.99. The number of fused-ring (bicyclic) bond motifs is 1. The Bertz CT molecular complexity index is 828. The zero-order valence-electron chi connectivity index (χ0n) is 14.5. The van der Waals surface area contributed by atoms with Gasteiger partial charge in [-0.05, 0) is 35.6 Å². The van der Waals surface area contributed by atoms with Crippen LogP contribution in [0.15, 0.2) is 42.5 Å². The average molecular weight is 354 g/mol. The summed E-state index contributed by atoms with van der Waals surface area (Å²) in [7, 11) is 0. The summed E-state index contributed by atoms with van der Waals surface area (Å²) in [6.07, 6.45) is 2.33. The largest absolute Gasteiger partial charge is 0.455 e. The second-order valence-corrected chi connectivity index (χ2v) is 6.48. The topological polar surface area (TPSA) is 89.7 Å². The highest BCUT2D eigenvalue weighted by atomic mass is 16.5. The molecule has 0 unspecified atom stereocenters. The second-order valence-electron chi connectivity index (χ2n) is 6.48. The highest BCUT2D eigenvalue weighted by Crippen LogP contribution is 2.20. The monoisotopic (exact) mass is 354 g/mol. The lowest BCUT2D eigenvalue weighted by Crippen LogP contribution is -2.51. The Morgan fingerprint density at radius 1 is 1.08 bits per heavy atom. The van der Waals surface area contributed by atoms with Gasteiger partial charge in [0, 0.05) is 6.54 Å². The van der Waals surface area contributed by atoms with Crippen LogP contribution in [-0.2, 0) is 25.5 Å². The van der Waals surface area contributed by atoms with Gasteiger partial charge in [0.15, 0.2) is 6.61 Å². The zero-order valence-corrected chi connectivity index (χ0v) is 14.5. The van der Waals surface area contributed by atoms with Crippen LogP contribution in [0.1, 0.15) is 24.8 Å². The van der Waals surface area contributed by atoms with Crippen LogP contribution in [0.2, 0.25) is 0 Å². The lowest BCUT2D eigenvalue weighted by atomic mass is 10.0. The maximum Gasteiger partial charge on any atom is 0.310 e. The molecule has 2 aromatic carbocycles. The van der Waals surface area contributed by atoms with Crippen molar-refractivity contribution in [2.45, 2.75) is 31.7 Å². The number of rotatable bonds is 5. The number of nitrogens with two attached hydrogens (primary N) is 1. The van der Waals surface area contributed by atoms with Crippen molar-refractivity contribution in [3.63, 3.8) is 0 Å². The summed E-state index contributed by atoms with van der Waals surface area (Å²) in [5.74, 6) is -1.36. The molecular formula is C20H22N2O4. The molecular weight excluding hydrogens is 332 g/mol. The first kappa shape index (κ1) is 17.9. The van der Waals surface area contributed by atoms with Crippen LogP contribution in [-0.4, -0.2) is 41.9 Å². The number of carbonyl (C=O) groups is 3. The molecule has 0 radical (unpaired) electrons. The van der Waals surface area contributed by atoms with Gasteiger partial charge in [-0.1, -0.05) is 42.5 Å². The minimum atomic E-state index is -0.604. The summed E-state index contributed by atoms with van der Waals surface area (Å²) in [4.78, 5) is 37.4. The number of esters is 1. The van der Waals surface area contributed by atoms with E-state index in [0.29, 0.717) is 13.0 Å². The molecule has 0 saturated carbocycles. The molecule has 0 aliphatic carbocycles. The Kier molecular flexibility index (Phi) is 5.51. The summed E-state index contributed by atoms with van der Waals surface area (Å²) in [6, 6.07) is 12.9. The Morgan fingerprint density at radius 2 is 1.85 bits per heavy atom. The van der Waals surface area contributed by atoms with Gasteiger partial charge in [-0.25, -0.2) is 0 Å². The molecule has 1 aliphatic rings. The van der Waals surface area contributed by atoms with Crippen LogP contribution < -0.4 is 5.73 Å². The van der Waals surface area contributed by atoms with E-state index in [1.165, 1.54) is 4.90 Å². The fraction of sp³-hybridized carbons (Fsp3) is 0.350. The molecule has 1 saturated heterocycles. The maximum absolute atomic E-state index is 12.3. The first-order chi connectivity index (χ1) is 12.6. The molecule has 26 heavy (non-hydrogen) atoms. The number of piperidine rings is 1. The third kappa shape index (κ3) is 4.02. The van der Waals surface area contributed by atoms with Gasteiger partial charge in [0.05, 0.1) is 6.42 Å². The number of hydrogen-bond donors (Lipinski definition) is 1. The van der Waals surface area contributed by atoms with E-state index in [9.17, 15) is 14.4 Å². The Labute approximate surface area is 151 Å². The maximum atomic E-state index is 12.3. The predicted octanol–water partition coefficient (Wildman–Crippen LogP) is 1.79. The van der Waals surface area contributed by atoms with E-state index in [1.54, 1.807) is 0 Å². The number of ether oxygens (including phenoxy) is 1. The van der Waals surface area contributed by atoms with Crippen LogP contribution in [0.4, 0.5) is 0 Å². The van der Waals surface area contributed by atoms with E-state index < -0.39 is 17.9 Å². The van der Waals surface area contributed by atoms with Crippen molar-refractivity contribution in [1.29, 1.82) is 0 Å². The number of hydrogen-bond acceptors (Lipinski definition) is 4. The summed E-state index contributed by atoms with van der Waals surface area (Å²) >= 11 is 0. The molecule has 1 heterocycles. The van der Waals surface area contributed by atoms with Crippen molar-refractivity contribution < 1.29 is 19.1 Å². The van der Waals surface area contributed by atoms with Gasteiger partial charge in [-0.3, -0.25) is 14.4 Å². The van der Waals surface area contributed by atoms with E-state index in [0.717, 1.165) is 29.2 Å². The standard InChI is InChI=1S/C20H22N2O4/c21-20(25)17-10-3-4-11-22(17)18(23)13-26-19(24)12-15-8-5-7-14-6-1-2-9-16(14)15/h1-2,5-9,17H,3-4,10-13H2,(H2,21,25)/t17-/m1/s1. The van der Waals surface area contributed by atoms with Gasteiger partial charge >= 0.3 is 5.97 Å². The normalized spacial score (nSPS) is 17.1. The van der Waals surface area contributed by atoms with Crippen molar-refractivity contribution in [2.24, 2.45) is 5.73 Å². The molecule has 136 valence electrons. The van der Waals surface area contributed by atoms with E-state index in [2.05, 4.69) is 0 Å². The van der Waals surface area contributed by atoms with Crippen LogP contribution in [0.25, 0.3) is 10.8 Å². The molecule has 2 N–H and O–H groups in total.